The van der Waals surface area contributed by atoms with Gasteiger partial charge in [0, 0.05) is 37.6 Å². The van der Waals surface area contributed by atoms with Crippen LogP contribution in [0.4, 0.5) is 20.6 Å². The van der Waals surface area contributed by atoms with Crippen LogP contribution in [0.1, 0.15) is 36.0 Å². The van der Waals surface area contributed by atoms with E-state index in [1.54, 1.807) is 51.5 Å². The third-order valence-corrected chi connectivity index (χ3v) is 4.90. The molecule has 4 aromatic rings. The Balaban J connectivity index is 1.61. The number of hydrogen-bond donors (Lipinski definition) is 1. The molecule has 0 aliphatic heterocycles. The van der Waals surface area contributed by atoms with Crippen LogP contribution in [-0.4, -0.2) is 44.5 Å². The first-order valence-corrected chi connectivity index (χ1v) is 10.5. The van der Waals surface area contributed by atoms with E-state index in [2.05, 4.69) is 20.3 Å². The minimum Gasteiger partial charge on any atom is -0.446 e. The van der Waals surface area contributed by atoms with E-state index < -0.39 is 17.8 Å². The zero-order chi connectivity index (χ0) is 24.6. The van der Waals surface area contributed by atoms with E-state index in [-0.39, 0.29) is 17.4 Å². The molecule has 0 saturated carbocycles. The largest absolute Gasteiger partial charge is 0.446 e. The molecule has 0 fully saturated rings. The molecule has 1 N–H and O–H groups in total. The van der Waals surface area contributed by atoms with Gasteiger partial charge < -0.3 is 14.5 Å². The Morgan fingerprint density at radius 1 is 1.21 bits per heavy atom. The van der Waals surface area contributed by atoms with Gasteiger partial charge in [-0.15, -0.1) is 0 Å². The van der Waals surface area contributed by atoms with E-state index in [1.165, 1.54) is 29.3 Å². The van der Waals surface area contributed by atoms with Crippen LogP contribution in [0.3, 0.4) is 0 Å². The van der Waals surface area contributed by atoms with E-state index in [9.17, 15) is 14.0 Å². The molecule has 0 aliphatic carbocycles. The minimum atomic E-state index is -0.525. The van der Waals surface area contributed by atoms with Gasteiger partial charge in [0.15, 0.2) is 5.89 Å². The summed E-state index contributed by atoms with van der Waals surface area (Å²) in [6.07, 6.45) is 3.91. The maximum atomic E-state index is 14.7. The number of rotatable bonds is 5. The fourth-order valence-corrected chi connectivity index (χ4v) is 3.29. The number of oxazole rings is 1. The molecule has 0 atom stereocenters. The van der Waals surface area contributed by atoms with Gasteiger partial charge in [0.2, 0.25) is 11.5 Å². The first-order valence-electron chi connectivity index (χ1n) is 10.5. The molecule has 176 valence electrons. The molecule has 3 heterocycles. The van der Waals surface area contributed by atoms with Crippen LogP contribution in [0.15, 0.2) is 41.2 Å². The molecule has 0 bridgehead atoms. The molecular weight excluding hydrogens is 443 g/mol. The first-order chi connectivity index (χ1) is 16.1. The van der Waals surface area contributed by atoms with Gasteiger partial charge in [-0.1, -0.05) is 0 Å². The summed E-state index contributed by atoms with van der Waals surface area (Å²) in [4.78, 5) is 38.7. The van der Waals surface area contributed by atoms with Crippen LogP contribution in [0, 0.1) is 19.7 Å². The summed E-state index contributed by atoms with van der Waals surface area (Å²) in [5.74, 6) is -0.236. The quantitative estimate of drug-likeness (QED) is 0.464. The third-order valence-electron chi connectivity index (χ3n) is 4.90. The molecule has 4 rings (SSSR count). The number of aromatic nitrogens is 4. The number of fused-ring (bicyclic) bond motifs is 1. The number of imidazole rings is 1. The van der Waals surface area contributed by atoms with Gasteiger partial charge in [-0.05, 0) is 39.0 Å². The molecule has 1 aromatic carbocycles. The standard InChI is InChI=1S/C23H23FN6O4/c1-12(2)33-23(32)29(5)16-9-25-22-28-19(11-30(22)10-16)17-8-15(6-7-18(17)24)27-21(31)20-13(3)26-14(4)34-20/h6-12H,1-5H3,(H,27,31). The fraction of sp³-hybridized carbons (Fsp3) is 0.261. The van der Waals surface area contributed by atoms with Crippen LogP contribution >= 0.6 is 0 Å². The van der Waals surface area contributed by atoms with Crippen molar-refractivity contribution >= 4 is 29.2 Å². The van der Waals surface area contributed by atoms with E-state index in [0.717, 1.165) is 0 Å². The lowest BCUT2D eigenvalue weighted by Gasteiger charge is -2.18. The van der Waals surface area contributed by atoms with Crippen LogP contribution < -0.4 is 10.2 Å². The highest BCUT2D eigenvalue weighted by molar-refractivity contribution is 6.03. The van der Waals surface area contributed by atoms with Crippen molar-refractivity contribution in [3.05, 3.63) is 60.0 Å². The van der Waals surface area contributed by atoms with Crippen molar-refractivity contribution in [2.75, 3.05) is 17.3 Å². The second-order valence-electron chi connectivity index (χ2n) is 7.93. The highest BCUT2D eigenvalue weighted by Crippen LogP contribution is 2.27. The number of aryl methyl sites for hydroxylation is 2. The summed E-state index contributed by atoms with van der Waals surface area (Å²) in [6.45, 7) is 6.83. The van der Waals surface area contributed by atoms with Crippen LogP contribution in [0.25, 0.3) is 17.0 Å². The van der Waals surface area contributed by atoms with Crippen LogP contribution in [0.2, 0.25) is 0 Å². The summed E-state index contributed by atoms with van der Waals surface area (Å²) in [6, 6.07) is 4.15. The first kappa shape index (κ1) is 22.9. The Morgan fingerprint density at radius 2 is 1.97 bits per heavy atom. The van der Waals surface area contributed by atoms with Gasteiger partial charge in [-0.25, -0.2) is 24.1 Å². The minimum absolute atomic E-state index is 0.0907. The number of anilines is 2. The SMILES string of the molecule is Cc1nc(C)c(C(=O)Nc2ccc(F)c(-c3cn4cc(N(C)C(=O)OC(C)C)cnc4n3)c2)o1. The molecule has 0 spiro atoms. The van der Waals surface area contributed by atoms with E-state index in [1.807, 2.05) is 0 Å². The zero-order valence-corrected chi connectivity index (χ0v) is 19.3. The molecule has 0 saturated heterocycles. The van der Waals surface area contributed by atoms with Crippen molar-refractivity contribution < 1.29 is 23.1 Å². The number of carbonyl (C=O) groups is 2. The summed E-state index contributed by atoms with van der Waals surface area (Å²) in [5.41, 5.74) is 1.76. The van der Waals surface area contributed by atoms with Crippen molar-refractivity contribution in [2.24, 2.45) is 0 Å². The Kier molecular flexibility index (Phi) is 6.01. The lowest BCUT2D eigenvalue weighted by molar-refractivity contribution is 0.0994. The highest BCUT2D eigenvalue weighted by Gasteiger charge is 2.19. The summed E-state index contributed by atoms with van der Waals surface area (Å²) >= 11 is 0. The normalized spacial score (nSPS) is 11.1. The Labute approximate surface area is 194 Å². The Morgan fingerprint density at radius 3 is 2.65 bits per heavy atom. The summed E-state index contributed by atoms with van der Waals surface area (Å²) < 4.78 is 26.8. The van der Waals surface area contributed by atoms with Crippen molar-refractivity contribution in [3.63, 3.8) is 0 Å². The second kappa shape index (κ2) is 8.93. The summed E-state index contributed by atoms with van der Waals surface area (Å²) in [7, 11) is 1.56. The number of ether oxygens (including phenoxy) is 1. The molecule has 2 amide bonds. The van der Waals surface area contributed by atoms with Crippen molar-refractivity contribution in [2.45, 2.75) is 33.8 Å². The van der Waals surface area contributed by atoms with Gasteiger partial charge >= 0.3 is 6.09 Å². The molecule has 11 heteroatoms. The number of nitrogens with zero attached hydrogens (tertiary/aromatic N) is 5. The molecule has 0 aliphatic rings. The number of benzene rings is 1. The van der Waals surface area contributed by atoms with Crippen LogP contribution in [0.5, 0.6) is 0 Å². The van der Waals surface area contributed by atoms with Gasteiger partial charge in [-0.2, -0.15) is 0 Å². The molecule has 10 nitrogen and oxygen atoms in total. The molecule has 3 aromatic heterocycles. The van der Waals surface area contributed by atoms with E-state index in [0.29, 0.717) is 34.4 Å². The van der Waals surface area contributed by atoms with Gasteiger partial charge in [-0.3, -0.25) is 14.1 Å². The predicted octanol–water partition coefficient (Wildman–Crippen LogP) is 4.37. The molecule has 34 heavy (non-hydrogen) atoms. The topological polar surface area (TPSA) is 115 Å². The average molecular weight is 466 g/mol. The van der Waals surface area contributed by atoms with Crippen LogP contribution in [-0.2, 0) is 4.74 Å². The summed E-state index contributed by atoms with van der Waals surface area (Å²) in [5, 5.41) is 2.69. The van der Waals surface area contributed by atoms with Crippen molar-refractivity contribution in [1.82, 2.24) is 19.4 Å². The number of nitrogens with one attached hydrogen (secondary N) is 1. The van der Waals surface area contributed by atoms with Crippen molar-refractivity contribution in [3.8, 4) is 11.3 Å². The number of hydrogen-bond acceptors (Lipinski definition) is 7. The van der Waals surface area contributed by atoms with Gasteiger partial charge in [0.05, 0.1) is 29.4 Å². The number of halogens is 1. The lowest BCUT2D eigenvalue weighted by atomic mass is 10.1. The predicted molar refractivity (Wildman–Crippen MR) is 122 cm³/mol. The third kappa shape index (κ3) is 4.58. The molecular formula is C23H23FN6O4. The van der Waals surface area contributed by atoms with E-state index in [4.69, 9.17) is 9.15 Å². The number of carbonyl (C=O) groups excluding carboxylic acids is 2. The van der Waals surface area contributed by atoms with E-state index >= 15 is 0 Å². The monoisotopic (exact) mass is 466 g/mol. The van der Waals surface area contributed by atoms with Crippen molar-refractivity contribution in [1.29, 1.82) is 0 Å². The van der Waals surface area contributed by atoms with Gasteiger partial charge in [0.25, 0.3) is 5.91 Å². The maximum Gasteiger partial charge on any atom is 0.414 e. The average Bonchev–Trinajstić information content (AvgIpc) is 3.35. The highest BCUT2D eigenvalue weighted by atomic mass is 19.1. The lowest BCUT2D eigenvalue weighted by Crippen LogP contribution is -2.29. The maximum absolute atomic E-state index is 14.7. The fourth-order valence-electron chi connectivity index (χ4n) is 3.29. The van der Waals surface area contributed by atoms with Gasteiger partial charge in [0.1, 0.15) is 5.82 Å². The zero-order valence-electron chi connectivity index (χ0n) is 19.3. The number of amides is 2. The Bertz CT molecular complexity index is 1390. The molecule has 0 radical (unpaired) electrons. The molecule has 0 unspecified atom stereocenters. The Hall–Kier alpha value is -4.28. The smallest absolute Gasteiger partial charge is 0.414 e. The second-order valence-corrected chi connectivity index (χ2v) is 7.93.